The fraction of sp³-hybridized carbons (Fsp3) is 0.0526. The molecule has 0 fully saturated rings. The van der Waals surface area contributed by atoms with Gasteiger partial charge in [0.2, 0.25) is 5.91 Å². The van der Waals surface area contributed by atoms with Crippen LogP contribution in [-0.4, -0.2) is 20.4 Å². The Labute approximate surface area is 157 Å². The number of carbonyl (C=O) groups excluding carboxylic acids is 1. The molecule has 1 N–H and O–H groups in total. The van der Waals surface area contributed by atoms with Crippen LogP contribution in [0.4, 0.5) is 9.52 Å². The van der Waals surface area contributed by atoms with Crippen molar-refractivity contribution in [2.45, 2.75) is 6.54 Å². The van der Waals surface area contributed by atoms with Gasteiger partial charge in [0.25, 0.3) is 5.56 Å². The van der Waals surface area contributed by atoms with Crippen LogP contribution in [0.25, 0.3) is 21.5 Å². The normalized spacial score (nSPS) is 10.9. The number of nitrogens with one attached hydrogen (secondary N) is 1. The summed E-state index contributed by atoms with van der Waals surface area (Å²) >= 11 is 1.36. The van der Waals surface area contributed by atoms with Crippen LogP contribution in [0.15, 0.2) is 65.7 Å². The molecule has 2 aromatic heterocycles. The summed E-state index contributed by atoms with van der Waals surface area (Å²) in [6.07, 6.45) is 1.30. The molecule has 4 aromatic rings. The first-order valence-electron chi connectivity index (χ1n) is 8.06. The van der Waals surface area contributed by atoms with Crippen LogP contribution in [0.3, 0.4) is 0 Å². The lowest BCUT2D eigenvalue weighted by Gasteiger charge is -2.06. The molecule has 0 saturated heterocycles. The fourth-order valence-electron chi connectivity index (χ4n) is 2.56. The van der Waals surface area contributed by atoms with E-state index in [2.05, 4.69) is 15.3 Å². The first-order chi connectivity index (χ1) is 13.1. The van der Waals surface area contributed by atoms with Gasteiger partial charge in [-0.05, 0) is 36.4 Å². The minimum atomic E-state index is -0.372. The largest absolute Gasteiger partial charge is 0.300 e. The molecule has 27 heavy (non-hydrogen) atoms. The van der Waals surface area contributed by atoms with Crippen molar-refractivity contribution in [2.75, 3.05) is 5.32 Å². The summed E-state index contributed by atoms with van der Waals surface area (Å²) in [5.41, 5.74) is 1.48. The van der Waals surface area contributed by atoms with Gasteiger partial charge in [-0.25, -0.2) is 14.4 Å². The lowest BCUT2D eigenvalue weighted by molar-refractivity contribution is -0.116. The van der Waals surface area contributed by atoms with Crippen molar-refractivity contribution < 1.29 is 9.18 Å². The number of carbonyl (C=O) groups is 1. The van der Waals surface area contributed by atoms with Crippen LogP contribution in [-0.2, 0) is 11.3 Å². The number of hydrogen-bond acceptors (Lipinski definition) is 5. The van der Waals surface area contributed by atoms with Gasteiger partial charge in [-0.3, -0.25) is 14.2 Å². The maximum atomic E-state index is 13.0. The summed E-state index contributed by atoms with van der Waals surface area (Å²) in [5.74, 6) is -0.730. The molecule has 0 aliphatic rings. The smallest absolute Gasteiger partial charge is 0.254 e. The minimum Gasteiger partial charge on any atom is -0.300 e. The Kier molecular flexibility index (Phi) is 4.47. The monoisotopic (exact) mass is 380 g/mol. The number of para-hydroxylation sites is 1. The predicted octanol–water partition coefficient (Wildman–Crippen LogP) is 3.30. The minimum absolute atomic E-state index is 0.175. The van der Waals surface area contributed by atoms with Gasteiger partial charge in [0, 0.05) is 11.6 Å². The van der Waals surface area contributed by atoms with E-state index in [0.717, 1.165) is 10.2 Å². The number of anilines is 1. The number of nitrogens with zero attached hydrogens (tertiary/aromatic N) is 3. The second kappa shape index (κ2) is 7.08. The van der Waals surface area contributed by atoms with E-state index < -0.39 is 0 Å². The van der Waals surface area contributed by atoms with Gasteiger partial charge in [-0.1, -0.05) is 23.5 Å². The second-order valence-electron chi connectivity index (χ2n) is 5.78. The first kappa shape index (κ1) is 17.0. The molecule has 0 aliphatic heterocycles. The predicted molar refractivity (Wildman–Crippen MR) is 102 cm³/mol. The molecule has 4 rings (SSSR count). The van der Waals surface area contributed by atoms with Crippen molar-refractivity contribution in [1.82, 2.24) is 14.5 Å². The van der Waals surface area contributed by atoms with E-state index in [4.69, 9.17) is 0 Å². The molecule has 0 unspecified atom stereocenters. The number of halogens is 1. The Balaban J connectivity index is 1.49. The SMILES string of the molecule is O=C(Cn1cnc(-c2ccc(F)cc2)cc1=O)Nc1nc2ccccc2s1. The van der Waals surface area contributed by atoms with E-state index in [1.54, 1.807) is 12.1 Å². The lowest BCUT2D eigenvalue weighted by atomic mass is 10.1. The highest BCUT2D eigenvalue weighted by molar-refractivity contribution is 7.22. The van der Waals surface area contributed by atoms with Gasteiger partial charge in [-0.2, -0.15) is 0 Å². The molecule has 1 amide bonds. The highest BCUT2D eigenvalue weighted by Gasteiger charge is 2.10. The van der Waals surface area contributed by atoms with Crippen molar-refractivity contribution in [1.29, 1.82) is 0 Å². The van der Waals surface area contributed by atoms with Crippen LogP contribution >= 0.6 is 11.3 Å². The number of fused-ring (bicyclic) bond motifs is 1. The summed E-state index contributed by atoms with van der Waals surface area (Å²) in [7, 11) is 0. The Bertz CT molecular complexity index is 1150. The van der Waals surface area contributed by atoms with Crippen LogP contribution in [0.1, 0.15) is 0 Å². The second-order valence-corrected chi connectivity index (χ2v) is 6.81. The van der Waals surface area contributed by atoms with Crippen molar-refractivity contribution in [3.05, 3.63) is 77.1 Å². The van der Waals surface area contributed by atoms with E-state index >= 15 is 0 Å². The van der Waals surface area contributed by atoms with Gasteiger partial charge in [0.1, 0.15) is 12.4 Å². The molecule has 0 saturated carbocycles. The number of amides is 1. The molecule has 0 bridgehead atoms. The molecular weight excluding hydrogens is 367 g/mol. The topological polar surface area (TPSA) is 76.9 Å². The van der Waals surface area contributed by atoms with E-state index in [0.29, 0.717) is 16.4 Å². The van der Waals surface area contributed by atoms with Crippen LogP contribution < -0.4 is 10.9 Å². The summed E-state index contributed by atoms with van der Waals surface area (Å²) < 4.78 is 15.2. The van der Waals surface area contributed by atoms with Crippen molar-refractivity contribution in [2.24, 2.45) is 0 Å². The zero-order valence-corrected chi connectivity index (χ0v) is 14.7. The molecule has 0 aliphatic carbocycles. The quantitative estimate of drug-likeness (QED) is 0.589. The first-order valence-corrected chi connectivity index (χ1v) is 8.88. The van der Waals surface area contributed by atoms with E-state index in [9.17, 15) is 14.0 Å². The van der Waals surface area contributed by atoms with Crippen LogP contribution in [0.2, 0.25) is 0 Å². The summed E-state index contributed by atoms with van der Waals surface area (Å²) in [6.45, 7) is -0.175. The number of hydrogen-bond donors (Lipinski definition) is 1. The Morgan fingerprint density at radius 2 is 1.93 bits per heavy atom. The van der Waals surface area contributed by atoms with Gasteiger partial charge < -0.3 is 5.32 Å². The maximum absolute atomic E-state index is 13.0. The molecule has 6 nitrogen and oxygen atoms in total. The van der Waals surface area contributed by atoms with E-state index in [1.165, 1.54) is 40.4 Å². The third-order valence-corrected chi connectivity index (χ3v) is 4.83. The zero-order valence-electron chi connectivity index (χ0n) is 13.9. The average Bonchev–Trinajstić information content (AvgIpc) is 3.06. The molecule has 0 radical (unpaired) electrons. The number of rotatable bonds is 4. The Hall–Kier alpha value is -3.39. The third-order valence-electron chi connectivity index (χ3n) is 3.87. The molecule has 0 spiro atoms. The van der Waals surface area contributed by atoms with Crippen LogP contribution in [0, 0.1) is 5.82 Å². The van der Waals surface area contributed by atoms with Crippen LogP contribution in [0.5, 0.6) is 0 Å². The maximum Gasteiger partial charge on any atom is 0.254 e. The Morgan fingerprint density at radius 1 is 1.15 bits per heavy atom. The molecular formula is C19H13FN4O2S. The van der Waals surface area contributed by atoms with Crippen molar-refractivity contribution >= 4 is 32.6 Å². The third kappa shape index (κ3) is 3.75. The number of aromatic nitrogens is 3. The van der Waals surface area contributed by atoms with Gasteiger partial charge >= 0.3 is 0 Å². The summed E-state index contributed by atoms with van der Waals surface area (Å²) in [4.78, 5) is 33.0. The average molecular weight is 380 g/mol. The standard InChI is InChI=1S/C19H13FN4O2S/c20-13-7-5-12(6-8-13)15-9-18(26)24(11-21-15)10-17(25)23-19-22-14-3-1-2-4-16(14)27-19/h1-9,11H,10H2,(H,22,23,25). The highest BCUT2D eigenvalue weighted by atomic mass is 32.1. The van der Waals surface area contributed by atoms with Gasteiger partial charge in [-0.15, -0.1) is 0 Å². The molecule has 2 heterocycles. The number of thiazole rings is 1. The molecule has 0 atom stereocenters. The summed E-state index contributed by atoms with van der Waals surface area (Å²) in [5, 5.41) is 3.18. The highest BCUT2D eigenvalue weighted by Crippen LogP contribution is 2.25. The summed E-state index contributed by atoms with van der Waals surface area (Å²) in [6, 6.07) is 14.6. The lowest BCUT2D eigenvalue weighted by Crippen LogP contribution is -2.27. The van der Waals surface area contributed by atoms with Crippen molar-refractivity contribution in [3.63, 3.8) is 0 Å². The number of benzene rings is 2. The fourth-order valence-corrected chi connectivity index (χ4v) is 3.44. The van der Waals surface area contributed by atoms with Gasteiger partial charge in [0.05, 0.1) is 22.2 Å². The molecule has 8 heteroatoms. The molecule has 2 aromatic carbocycles. The van der Waals surface area contributed by atoms with Crippen molar-refractivity contribution in [3.8, 4) is 11.3 Å². The van der Waals surface area contributed by atoms with E-state index in [1.807, 2.05) is 24.3 Å². The Morgan fingerprint density at radius 3 is 2.67 bits per heavy atom. The van der Waals surface area contributed by atoms with Gasteiger partial charge in [0.15, 0.2) is 5.13 Å². The van der Waals surface area contributed by atoms with E-state index in [-0.39, 0.29) is 23.8 Å². The zero-order chi connectivity index (χ0) is 18.8. The molecule has 134 valence electrons.